The van der Waals surface area contributed by atoms with Crippen molar-refractivity contribution in [1.29, 1.82) is 0 Å². The second-order valence-electron chi connectivity index (χ2n) is 3.46. The quantitative estimate of drug-likeness (QED) is 0.451. The summed E-state index contributed by atoms with van der Waals surface area (Å²) in [6.45, 7) is 0.476. The molecule has 0 spiro atoms. The molecule has 0 aromatic heterocycles. The van der Waals surface area contributed by atoms with Crippen molar-refractivity contribution in [2.45, 2.75) is 5.44 Å². The van der Waals surface area contributed by atoms with Crippen LogP contribution in [0.4, 0.5) is 0 Å². The highest BCUT2D eigenvalue weighted by Crippen LogP contribution is 2.37. The van der Waals surface area contributed by atoms with Crippen LogP contribution in [-0.4, -0.2) is 16.6 Å². The zero-order chi connectivity index (χ0) is 9.60. The van der Waals surface area contributed by atoms with Crippen molar-refractivity contribution in [3.05, 3.63) is 52.6 Å². The Morgan fingerprint density at radius 3 is 3.36 bits per heavy atom. The average Bonchev–Trinajstić information content (AvgIpc) is 2.69. The highest BCUT2D eigenvalue weighted by atomic mass is 32.2. The van der Waals surface area contributed by atoms with Gasteiger partial charge < -0.3 is 9.94 Å². The van der Waals surface area contributed by atoms with Crippen LogP contribution in [0.5, 0.6) is 0 Å². The molecule has 0 bridgehead atoms. The monoisotopic (exact) mass is 207 g/mol. The molecule has 2 atom stereocenters. The van der Waals surface area contributed by atoms with Crippen molar-refractivity contribution in [1.82, 2.24) is 0 Å². The Morgan fingerprint density at radius 1 is 1.50 bits per heavy atom. The highest BCUT2D eigenvalue weighted by Gasteiger charge is 2.31. The lowest BCUT2D eigenvalue weighted by molar-refractivity contribution is -0.774. The number of rotatable bonds is 0. The van der Waals surface area contributed by atoms with Gasteiger partial charge in [-0.3, -0.25) is 4.65 Å². The normalized spacial score (nSPS) is 38.2. The summed E-state index contributed by atoms with van der Waals surface area (Å²) in [6, 6.07) is 0. The highest BCUT2D eigenvalue weighted by molar-refractivity contribution is 8.03. The first-order valence-corrected chi connectivity index (χ1v) is 5.38. The number of allylic oxidation sites excluding steroid dienone is 1. The minimum absolute atomic E-state index is 0.0227. The van der Waals surface area contributed by atoms with Crippen molar-refractivity contribution in [2.75, 3.05) is 6.54 Å². The van der Waals surface area contributed by atoms with Gasteiger partial charge in [0.05, 0.1) is 5.57 Å². The van der Waals surface area contributed by atoms with E-state index in [0.717, 1.165) is 5.57 Å². The lowest BCUT2D eigenvalue weighted by Crippen LogP contribution is -2.31. The standard InChI is InChI=1S/C10H9NO2S/c12-11-4-1-2-9(11)7-13-10-8(6-11)3-5-14-10/h1-3,5-7,10H,4H2. The molecule has 4 heteroatoms. The van der Waals surface area contributed by atoms with Crippen LogP contribution >= 0.6 is 11.8 Å². The molecule has 0 amide bonds. The van der Waals surface area contributed by atoms with Crippen molar-refractivity contribution >= 4 is 11.8 Å². The topological polar surface area (TPSA) is 32.3 Å². The molecule has 3 aliphatic rings. The first-order valence-electron chi connectivity index (χ1n) is 4.44. The third-order valence-corrected chi connectivity index (χ3v) is 3.43. The van der Waals surface area contributed by atoms with E-state index in [0.29, 0.717) is 12.2 Å². The molecule has 3 aliphatic heterocycles. The van der Waals surface area contributed by atoms with Crippen LogP contribution in [0.1, 0.15) is 0 Å². The van der Waals surface area contributed by atoms with Gasteiger partial charge in [0.1, 0.15) is 19.0 Å². The van der Waals surface area contributed by atoms with Crippen LogP contribution in [0.3, 0.4) is 0 Å². The number of nitrogens with zero attached hydrogens (tertiary/aromatic N) is 1. The molecule has 3 heterocycles. The van der Waals surface area contributed by atoms with Crippen molar-refractivity contribution in [2.24, 2.45) is 0 Å². The molecule has 0 aromatic carbocycles. The summed E-state index contributed by atoms with van der Waals surface area (Å²) in [7, 11) is 0. The zero-order valence-corrected chi connectivity index (χ0v) is 8.24. The molecular formula is C10H9NO2S. The second-order valence-corrected chi connectivity index (χ2v) is 4.43. The molecule has 3 rings (SSSR count). The van der Waals surface area contributed by atoms with Gasteiger partial charge in [0.2, 0.25) is 0 Å². The smallest absolute Gasteiger partial charge is 0.178 e. The number of quaternary nitrogens is 1. The van der Waals surface area contributed by atoms with E-state index in [-0.39, 0.29) is 5.44 Å². The fourth-order valence-electron chi connectivity index (χ4n) is 1.75. The van der Waals surface area contributed by atoms with Gasteiger partial charge in [-0.25, -0.2) is 0 Å². The van der Waals surface area contributed by atoms with E-state index in [1.165, 1.54) is 0 Å². The van der Waals surface area contributed by atoms with Crippen molar-refractivity contribution in [3.63, 3.8) is 0 Å². The Kier molecular flexibility index (Phi) is 1.65. The number of thioether (sulfide) groups is 1. The molecule has 72 valence electrons. The molecule has 2 unspecified atom stereocenters. The van der Waals surface area contributed by atoms with Gasteiger partial charge in [-0.1, -0.05) is 11.8 Å². The molecule has 3 nitrogen and oxygen atoms in total. The van der Waals surface area contributed by atoms with Gasteiger partial charge in [0, 0.05) is 6.08 Å². The van der Waals surface area contributed by atoms with Gasteiger partial charge in [0.15, 0.2) is 11.1 Å². The number of hydrogen-bond donors (Lipinski definition) is 0. The summed E-state index contributed by atoms with van der Waals surface area (Å²) in [5.41, 5.74) is 1.63. The lowest BCUT2D eigenvalue weighted by Gasteiger charge is -2.33. The van der Waals surface area contributed by atoms with Crippen LogP contribution in [0.15, 0.2) is 47.4 Å². The molecule has 0 fully saturated rings. The first-order chi connectivity index (χ1) is 6.78. The molecular weight excluding hydrogens is 198 g/mol. The summed E-state index contributed by atoms with van der Waals surface area (Å²) < 4.78 is 5.10. The van der Waals surface area contributed by atoms with E-state index in [2.05, 4.69) is 0 Å². The Labute approximate surface area is 86.2 Å². The number of fused-ring (bicyclic) bond motifs is 2. The van der Waals surface area contributed by atoms with E-state index < -0.39 is 4.65 Å². The van der Waals surface area contributed by atoms with E-state index in [9.17, 15) is 5.21 Å². The Balaban J connectivity index is 2.08. The lowest BCUT2D eigenvalue weighted by atomic mass is 10.3. The molecule has 0 saturated heterocycles. The molecule has 0 radical (unpaired) electrons. The van der Waals surface area contributed by atoms with Gasteiger partial charge in [-0.15, -0.1) is 0 Å². The first kappa shape index (κ1) is 8.35. The van der Waals surface area contributed by atoms with E-state index in [1.807, 2.05) is 23.6 Å². The average molecular weight is 207 g/mol. The summed E-state index contributed by atoms with van der Waals surface area (Å²) in [4.78, 5) is 0. The van der Waals surface area contributed by atoms with Gasteiger partial charge in [-0.05, 0) is 17.6 Å². The number of ether oxygens (including phenoxy) is 1. The molecule has 0 saturated carbocycles. The van der Waals surface area contributed by atoms with Crippen LogP contribution < -0.4 is 0 Å². The maximum atomic E-state index is 12.3. The minimum atomic E-state index is -0.406. The van der Waals surface area contributed by atoms with E-state index >= 15 is 0 Å². The number of hydrogen-bond acceptors (Lipinski definition) is 3. The van der Waals surface area contributed by atoms with Crippen LogP contribution in [0.25, 0.3) is 0 Å². The van der Waals surface area contributed by atoms with Gasteiger partial charge in [0.25, 0.3) is 0 Å². The van der Waals surface area contributed by atoms with Crippen molar-refractivity contribution < 1.29 is 9.38 Å². The number of hydroxylamine groups is 3. The van der Waals surface area contributed by atoms with E-state index in [1.54, 1.807) is 24.2 Å². The third kappa shape index (κ3) is 1.08. The second kappa shape index (κ2) is 2.76. The summed E-state index contributed by atoms with van der Waals surface area (Å²) >= 11 is 1.59. The van der Waals surface area contributed by atoms with Crippen molar-refractivity contribution in [3.8, 4) is 0 Å². The maximum absolute atomic E-state index is 12.3. The van der Waals surface area contributed by atoms with Crippen LogP contribution in [-0.2, 0) is 4.74 Å². The zero-order valence-electron chi connectivity index (χ0n) is 7.42. The fourth-order valence-corrected chi connectivity index (χ4v) is 2.55. The SMILES string of the molecule is [O-][N+]12C=C3C=CSC3OC=C1C=CC2. The fraction of sp³-hybridized carbons (Fsp3) is 0.200. The molecule has 14 heavy (non-hydrogen) atoms. The Hall–Kier alpha value is -0.970. The predicted octanol–water partition coefficient (Wildman–Crippen LogP) is 2.21. The van der Waals surface area contributed by atoms with Crippen LogP contribution in [0.2, 0.25) is 0 Å². The molecule has 0 N–H and O–H groups in total. The summed E-state index contributed by atoms with van der Waals surface area (Å²) in [6.07, 6.45) is 8.98. The predicted molar refractivity (Wildman–Crippen MR) is 55.4 cm³/mol. The molecule has 0 aliphatic carbocycles. The minimum Gasteiger partial charge on any atom is -0.622 e. The maximum Gasteiger partial charge on any atom is 0.178 e. The summed E-state index contributed by atoms with van der Waals surface area (Å²) in [5.74, 6) is 0. The van der Waals surface area contributed by atoms with Gasteiger partial charge >= 0.3 is 0 Å². The van der Waals surface area contributed by atoms with Gasteiger partial charge in [-0.2, -0.15) is 0 Å². The third-order valence-electron chi connectivity index (χ3n) is 2.51. The Bertz CT molecular complexity index is 397. The summed E-state index contributed by atoms with van der Waals surface area (Å²) in [5, 5.41) is 14.2. The molecule has 0 aromatic rings. The van der Waals surface area contributed by atoms with E-state index in [4.69, 9.17) is 4.74 Å². The van der Waals surface area contributed by atoms with Crippen LogP contribution in [0, 0.1) is 5.21 Å². The largest absolute Gasteiger partial charge is 0.622 e. The Morgan fingerprint density at radius 2 is 2.43 bits per heavy atom.